The van der Waals surface area contributed by atoms with Crippen LogP contribution in [0, 0.1) is 11.3 Å². The van der Waals surface area contributed by atoms with Crippen molar-refractivity contribution in [1.82, 2.24) is 9.78 Å². The van der Waals surface area contributed by atoms with Gasteiger partial charge in [-0.2, -0.15) is 10.4 Å². The molecule has 0 atom stereocenters. The molecule has 0 fully saturated rings. The van der Waals surface area contributed by atoms with E-state index in [0.29, 0.717) is 13.0 Å². The second-order valence-corrected chi connectivity index (χ2v) is 4.28. The maximum Gasteiger partial charge on any atom is 0.122 e. The van der Waals surface area contributed by atoms with Crippen molar-refractivity contribution in [3.63, 3.8) is 0 Å². The van der Waals surface area contributed by atoms with Gasteiger partial charge in [-0.3, -0.25) is 4.68 Å². The molecule has 0 aliphatic heterocycles. The summed E-state index contributed by atoms with van der Waals surface area (Å²) in [4.78, 5) is 0. The maximum absolute atomic E-state index is 8.57. The van der Waals surface area contributed by atoms with E-state index in [1.807, 2.05) is 24.5 Å². The van der Waals surface area contributed by atoms with E-state index in [2.05, 4.69) is 24.2 Å². The third kappa shape index (κ3) is 2.94. The summed E-state index contributed by atoms with van der Waals surface area (Å²) in [7, 11) is 1.69. The molecule has 19 heavy (non-hydrogen) atoms. The first-order valence-corrected chi connectivity index (χ1v) is 6.35. The second-order valence-electron chi connectivity index (χ2n) is 4.28. The highest BCUT2D eigenvalue weighted by Gasteiger charge is 2.06. The summed E-state index contributed by atoms with van der Waals surface area (Å²) in [6, 6.07) is 8.27. The van der Waals surface area contributed by atoms with Crippen LogP contribution in [0.1, 0.15) is 18.9 Å². The molecule has 98 valence electrons. The topological polar surface area (TPSA) is 50.8 Å². The van der Waals surface area contributed by atoms with Gasteiger partial charge in [-0.25, -0.2) is 0 Å². The lowest BCUT2D eigenvalue weighted by molar-refractivity contribution is 0.410. The molecule has 4 nitrogen and oxygen atoms in total. The Balaban J connectivity index is 2.26. The number of aromatic nitrogens is 2. The van der Waals surface area contributed by atoms with Crippen LogP contribution in [0.15, 0.2) is 30.6 Å². The molecule has 2 aromatic rings. The molecule has 1 aromatic heterocycles. The Bertz CT molecular complexity index is 596. The minimum Gasteiger partial charge on any atom is -0.496 e. The summed E-state index contributed by atoms with van der Waals surface area (Å²) >= 11 is 0. The molecule has 0 N–H and O–H groups in total. The highest BCUT2D eigenvalue weighted by Crippen LogP contribution is 2.26. The van der Waals surface area contributed by atoms with Crippen LogP contribution >= 0.6 is 0 Å². The van der Waals surface area contributed by atoms with Gasteiger partial charge < -0.3 is 4.74 Å². The lowest BCUT2D eigenvalue weighted by Gasteiger charge is -2.08. The van der Waals surface area contributed by atoms with Crippen LogP contribution in [0.4, 0.5) is 0 Å². The van der Waals surface area contributed by atoms with Crippen molar-refractivity contribution < 1.29 is 4.74 Å². The Hall–Kier alpha value is -2.28. The fraction of sp³-hybridized carbons (Fsp3) is 0.333. The van der Waals surface area contributed by atoms with E-state index in [-0.39, 0.29) is 0 Å². The van der Waals surface area contributed by atoms with Gasteiger partial charge in [0.05, 0.1) is 32.3 Å². The third-order valence-electron chi connectivity index (χ3n) is 3.08. The van der Waals surface area contributed by atoms with Gasteiger partial charge in [-0.15, -0.1) is 0 Å². The Labute approximate surface area is 113 Å². The van der Waals surface area contributed by atoms with Crippen LogP contribution in [0.25, 0.3) is 11.1 Å². The molecule has 0 spiro atoms. The van der Waals surface area contributed by atoms with Gasteiger partial charge in [0.15, 0.2) is 0 Å². The Morgan fingerprint density at radius 3 is 2.89 bits per heavy atom. The lowest BCUT2D eigenvalue weighted by atomic mass is 10.0. The van der Waals surface area contributed by atoms with Crippen molar-refractivity contribution in [2.24, 2.45) is 0 Å². The number of nitriles is 1. The van der Waals surface area contributed by atoms with E-state index in [1.165, 1.54) is 5.56 Å². The smallest absolute Gasteiger partial charge is 0.122 e. The summed E-state index contributed by atoms with van der Waals surface area (Å²) in [5, 5.41) is 12.8. The summed E-state index contributed by atoms with van der Waals surface area (Å²) < 4.78 is 7.13. The molecule has 0 bridgehead atoms. The average molecular weight is 255 g/mol. The molecule has 0 saturated carbocycles. The van der Waals surface area contributed by atoms with E-state index >= 15 is 0 Å². The summed E-state index contributed by atoms with van der Waals surface area (Å²) in [6.45, 7) is 2.74. The highest BCUT2D eigenvalue weighted by molar-refractivity contribution is 5.64. The van der Waals surface area contributed by atoms with Crippen molar-refractivity contribution >= 4 is 0 Å². The molecular formula is C15H17N3O. The van der Waals surface area contributed by atoms with Gasteiger partial charge in [0.25, 0.3) is 0 Å². The standard InChI is InChI=1S/C15H17N3O/c1-3-12-9-13(5-6-15(12)19-2)14-10-17-18(11-14)8-4-7-16/h5-6,9-11H,3-4,8H2,1-2H3. The minimum atomic E-state index is 0.476. The molecule has 1 heterocycles. The maximum atomic E-state index is 8.57. The first-order chi connectivity index (χ1) is 9.28. The zero-order valence-electron chi connectivity index (χ0n) is 11.3. The van der Waals surface area contributed by atoms with E-state index in [0.717, 1.165) is 23.3 Å². The van der Waals surface area contributed by atoms with Crippen molar-refractivity contribution in [3.05, 3.63) is 36.2 Å². The van der Waals surface area contributed by atoms with Gasteiger partial charge in [-0.1, -0.05) is 13.0 Å². The number of methoxy groups -OCH3 is 1. The molecular weight excluding hydrogens is 238 g/mol. The van der Waals surface area contributed by atoms with Crippen molar-refractivity contribution in [2.75, 3.05) is 7.11 Å². The van der Waals surface area contributed by atoms with Crippen LogP contribution < -0.4 is 4.74 Å². The van der Waals surface area contributed by atoms with Gasteiger partial charge in [-0.05, 0) is 29.7 Å². The Kier molecular flexibility index (Phi) is 4.19. The van der Waals surface area contributed by atoms with E-state index in [1.54, 1.807) is 11.8 Å². The number of nitrogens with zero attached hydrogens (tertiary/aromatic N) is 3. The lowest BCUT2D eigenvalue weighted by Crippen LogP contribution is -1.96. The number of hydrogen-bond acceptors (Lipinski definition) is 3. The van der Waals surface area contributed by atoms with Crippen molar-refractivity contribution in [3.8, 4) is 22.9 Å². The molecule has 0 saturated heterocycles. The zero-order chi connectivity index (χ0) is 13.7. The minimum absolute atomic E-state index is 0.476. The molecule has 0 aliphatic rings. The number of rotatable bonds is 5. The quantitative estimate of drug-likeness (QED) is 0.825. The average Bonchev–Trinajstić information content (AvgIpc) is 2.93. The molecule has 0 aliphatic carbocycles. The van der Waals surface area contributed by atoms with Crippen LogP contribution in [-0.2, 0) is 13.0 Å². The van der Waals surface area contributed by atoms with Gasteiger partial charge >= 0.3 is 0 Å². The molecule has 2 rings (SSSR count). The van der Waals surface area contributed by atoms with Gasteiger partial charge in [0, 0.05) is 11.8 Å². The number of aryl methyl sites for hydroxylation is 2. The SMILES string of the molecule is CCc1cc(-c2cnn(CCC#N)c2)ccc1OC. The Morgan fingerprint density at radius 2 is 2.21 bits per heavy atom. The first-order valence-electron chi connectivity index (χ1n) is 6.35. The Morgan fingerprint density at radius 1 is 1.37 bits per heavy atom. The zero-order valence-corrected chi connectivity index (χ0v) is 11.3. The summed E-state index contributed by atoms with van der Waals surface area (Å²) in [6.07, 6.45) is 5.21. The third-order valence-corrected chi connectivity index (χ3v) is 3.08. The number of benzene rings is 1. The molecule has 4 heteroatoms. The van der Waals surface area contributed by atoms with Crippen LogP contribution in [0.2, 0.25) is 0 Å². The predicted molar refractivity (Wildman–Crippen MR) is 73.8 cm³/mol. The number of ether oxygens (including phenoxy) is 1. The summed E-state index contributed by atoms with van der Waals surface area (Å²) in [5.74, 6) is 0.920. The largest absolute Gasteiger partial charge is 0.496 e. The van der Waals surface area contributed by atoms with Crippen LogP contribution in [-0.4, -0.2) is 16.9 Å². The fourth-order valence-corrected chi connectivity index (χ4v) is 2.03. The van der Waals surface area contributed by atoms with E-state index in [9.17, 15) is 0 Å². The van der Waals surface area contributed by atoms with Crippen molar-refractivity contribution in [1.29, 1.82) is 5.26 Å². The number of hydrogen-bond donors (Lipinski definition) is 0. The monoisotopic (exact) mass is 255 g/mol. The highest BCUT2D eigenvalue weighted by atomic mass is 16.5. The molecule has 0 unspecified atom stereocenters. The first kappa shape index (κ1) is 13.2. The predicted octanol–water partition coefficient (Wildman–Crippen LogP) is 3.03. The summed E-state index contributed by atoms with van der Waals surface area (Å²) in [5.41, 5.74) is 3.38. The van der Waals surface area contributed by atoms with Crippen LogP contribution in [0.5, 0.6) is 5.75 Å². The van der Waals surface area contributed by atoms with E-state index < -0.39 is 0 Å². The van der Waals surface area contributed by atoms with E-state index in [4.69, 9.17) is 10.00 Å². The van der Waals surface area contributed by atoms with Gasteiger partial charge in [0.1, 0.15) is 5.75 Å². The molecule has 1 aromatic carbocycles. The van der Waals surface area contributed by atoms with Crippen LogP contribution in [0.3, 0.4) is 0 Å². The molecule has 0 radical (unpaired) electrons. The molecule has 0 amide bonds. The second kappa shape index (κ2) is 6.05. The van der Waals surface area contributed by atoms with Gasteiger partial charge in [0.2, 0.25) is 0 Å². The normalized spacial score (nSPS) is 10.2. The van der Waals surface area contributed by atoms with Crippen molar-refractivity contribution in [2.45, 2.75) is 26.3 Å². The fourth-order valence-electron chi connectivity index (χ4n) is 2.03.